The third kappa shape index (κ3) is 4.33. The molecule has 31 heavy (non-hydrogen) atoms. The Morgan fingerprint density at radius 3 is 2.61 bits per heavy atom. The number of pyridine rings is 2. The molecule has 0 spiro atoms. The topological polar surface area (TPSA) is 97.3 Å². The van der Waals surface area contributed by atoms with E-state index in [1.165, 1.54) is 0 Å². The molecule has 3 aromatic heterocycles. The lowest BCUT2D eigenvalue weighted by Gasteiger charge is -2.41. The number of anilines is 3. The lowest BCUT2D eigenvalue weighted by atomic mass is 10.1. The molecule has 160 valence electrons. The van der Waals surface area contributed by atoms with Crippen LogP contribution in [0.2, 0.25) is 5.15 Å². The second kappa shape index (κ2) is 8.05. The molecule has 1 aliphatic rings. The molecule has 0 bridgehead atoms. The number of aromatic nitrogens is 3. The van der Waals surface area contributed by atoms with Gasteiger partial charge in [0.15, 0.2) is 0 Å². The smallest absolute Gasteiger partial charge is 0.137 e. The van der Waals surface area contributed by atoms with Crippen LogP contribution in [0.15, 0.2) is 60.9 Å². The van der Waals surface area contributed by atoms with Gasteiger partial charge in [0.2, 0.25) is 0 Å². The van der Waals surface area contributed by atoms with Crippen molar-refractivity contribution in [3.63, 3.8) is 0 Å². The van der Waals surface area contributed by atoms with Crippen molar-refractivity contribution in [1.29, 1.82) is 0 Å². The van der Waals surface area contributed by atoms with Gasteiger partial charge in [-0.2, -0.15) is 10.6 Å². The number of fused-ring (bicyclic) bond motifs is 1. The fraction of sp³-hybridized carbons (Fsp3) is 0.182. The molecule has 4 aromatic rings. The van der Waals surface area contributed by atoms with Crippen LogP contribution in [0.3, 0.4) is 0 Å². The van der Waals surface area contributed by atoms with E-state index in [2.05, 4.69) is 25.2 Å². The van der Waals surface area contributed by atoms with Gasteiger partial charge < -0.3 is 15.2 Å². The third-order valence-electron chi connectivity index (χ3n) is 5.44. The van der Waals surface area contributed by atoms with E-state index in [0.29, 0.717) is 35.6 Å². The minimum atomic E-state index is -2.39. The molecule has 1 saturated heterocycles. The van der Waals surface area contributed by atoms with E-state index in [0.717, 1.165) is 33.5 Å². The largest absolute Gasteiger partial charge is 0.368 e. The van der Waals surface area contributed by atoms with Gasteiger partial charge in [-0.1, -0.05) is 11.6 Å². The zero-order chi connectivity index (χ0) is 21.4. The molecule has 1 fully saturated rings. The Labute approximate surface area is 186 Å². The minimum absolute atomic E-state index is 0.405. The van der Waals surface area contributed by atoms with Crippen LogP contribution in [0, 0.1) is 0 Å². The Kier molecular flexibility index (Phi) is 5.23. The standard InChI is InChI=1S/C22H22ClN5O2S/c23-20-12-15(19-14-25-22-18(19)2-1-7-24-22)13-21(27-20)26-16-3-5-17(6-4-16)28-8-10-31(29,30)11-9-28/h1-7,12-14,29-30H,8-11H2,(H,24,25)(H,26,27). The highest BCUT2D eigenvalue weighted by Crippen LogP contribution is 2.41. The molecular weight excluding hydrogens is 434 g/mol. The number of halogens is 1. The van der Waals surface area contributed by atoms with Gasteiger partial charge in [-0.25, -0.2) is 9.97 Å². The summed E-state index contributed by atoms with van der Waals surface area (Å²) in [6.07, 6.45) is 3.68. The van der Waals surface area contributed by atoms with E-state index in [1.807, 2.05) is 54.7 Å². The normalized spacial score (nSPS) is 16.9. The second-order valence-electron chi connectivity index (χ2n) is 7.54. The monoisotopic (exact) mass is 455 g/mol. The molecule has 0 saturated carbocycles. The van der Waals surface area contributed by atoms with Crippen molar-refractivity contribution >= 4 is 50.4 Å². The molecule has 0 radical (unpaired) electrons. The molecule has 1 aliphatic heterocycles. The summed E-state index contributed by atoms with van der Waals surface area (Å²) in [5, 5.41) is 4.75. The molecule has 4 heterocycles. The van der Waals surface area contributed by atoms with Crippen LogP contribution >= 0.6 is 22.2 Å². The SMILES string of the molecule is OS1(O)CCN(c2ccc(Nc3cc(-c4c[nH]c5ncccc45)cc(Cl)n3)cc2)CC1. The van der Waals surface area contributed by atoms with Crippen molar-refractivity contribution < 1.29 is 9.11 Å². The maximum atomic E-state index is 9.80. The van der Waals surface area contributed by atoms with Crippen LogP contribution in [-0.2, 0) is 0 Å². The van der Waals surface area contributed by atoms with E-state index in [9.17, 15) is 9.11 Å². The number of nitrogens with one attached hydrogen (secondary N) is 2. The van der Waals surface area contributed by atoms with Gasteiger partial charge in [0.25, 0.3) is 0 Å². The van der Waals surface area contributed by atoms with Crippen LogP contribution < -0.4 is 10.2 Å². The molecule has 1 aromatic carbocycles. The van der Waals surface area contributed by atoms with E-state index in [-0.39, 0.29) is 0 Å². The van der Waals surface area contributed by atoms with Crippen LogP contribution in [-0.4, -0.2) is 48.7 Å². The number of H-pyrrole nitrogens is 1. The summed E-state index contributed by atoms with van der Waals surface area (Å²) in [5.74, 6) is 1.50. The van der Waals surface area contributed by atoms with E-state index < -0.39 is 10.6 Å². The van der Waals surface area contributed by atoms with Crippen LogP contribution in [0.1, 0.15) is 0 Å². The van der Waals surface area contributed by atoms with Crippen molar-refractivity contribution in [3.8, 4) is 11.1 Å². The van der Waals surface area contributed by atoms with Crippen LogP contribution in [0.25, 0.3) is 22.2 Å². The number of rotatable bonds is 4. The summed E-state index contributed by atoms with van der Waals surface area (Å²) in [6.45, 7) is 1.29. The fourth-order valence-electron chi connectivity index (χ4n) is 3.80. The number of nitrogens with zero attached hydrogens (tertiary/aromatic N) is 3. The highest BCUT2D eigenvalue weighted by molar-refractivity contribution is 8.24. The molecule has 4 N–H and O–H groups in total. The van der Waals surface area contributed by atoms with Crippen molar-refractivity contribution in [2.45, 2.75) is 0 Å². The summed E-state index contributed by atoms with van der Waals surface area (Å²) in [4.78, 5) is 14.1. The molecule has 0 amide bonds. The number of hydrogen-bond donors (Lipinski definition) is 4. The third-order valence-corrected chi connectivity index (χ3v) is 7.30. The molecule has 0 unspecified atom stereocenters. The first-order valence-corrected chi connectivity index (χ1v) is 12.2. The number of hydrogen-bond acceptors (Lipinski definition) is 6. The first kappa shape index (κ1) is 20.1. The molecule has 5 rings (SSSR count). The molecule has 0 aliphatic carbocycles. The number of benzene rings is 1. The molecule has 0 atom stereocenters. The van der Waals surface area contributed by atoms with Gasteiger partial charge in [0.05, 0.1) is 11.5 Å². The predicted octanol–water partition coefficient (Wildman–Crippen LogP) is 5.59. The Balaban J connectivity index is 1.36. The van der Waals surface area contributed by atoms with Crippen molar-refractivity contribution in [2.75, 3.05) is 34.8 Å². The molecule has 7 nitrogen and oxygen atoms in total. The van der Waals surface area contributed by atoms with Crippen LogP contribution in [0.5, 0.6) is 0 Å². The fourth-order valence-corrected chi connectivity index (χ4v) is 5.24. The molecule has 9 heteroatoms. The zero-order valence-electron chi connectivity index (χ0n) is 16.6. The maximum absolute atomic E-state index is 9.80. The highest BCUT2D eigenvalue weighted by atomic mass is 35.5. The van der Waals surface area contributed by atoms with Crippen molar-refractivity contribution in [2.24, 2.45) is 0 Å². The Bertz CT molecular complexity index is 1220. The van der Waals surface area contributed by atoms with Gasteiger partial charge in [-0.15, -0.1) is 0 Å². The summed E-state index contributed by atoms with van der Waals surface area (Å²) in [6, 6.07) is 15.8. The van der Waals surface area contributed by atoms with Gasteiger partial charge in [0, 0.05) is 47.8 Å². The first-order chi connectivity index (χ1) is 15.0. The summed E-state index contributed by atoms with van der Waals surface area (Å²) >= 11 is 6.31. The van der Waals surface area contributed by atoms with Gasteiger partial charge in [-0.3, -0.25) is 9.11 Å². The Hall–Kier alpha value is -2.78. The van der Waals surface area contributed by atoms with Crippen molar-refractivity contribution in [1.82, 2.24) is 15.0 Å². The minimum Gasteiger partial charge on any atom is -0.368 e. The summed E-state index contributed by atoms with van der Waals surface area (Å²) in [7, 11) is -2.39. The average molecular weight is 456 g/mol. The lowest BCUT2D eigenvalue weighted by molar-refractivity contribution is 0.479. The first-order valence-electron chi connectivity index (χ1n) is 9.93. The number of aromatic amines is 1. The maximum Gasteiger partial charge on any atom is 0.137 e. The van der Waals surface area contributed by atoms with Gasteiger partial charge >= 0.3 is 0 Å². The van der Waals surface area contributed by atoms with E-state index in [4.69, 9.17) is 11.6 Å². The second-order valence-corrected chi connectivity index (χ2v) is 10.3. The van der Waals surface area contributed by atoms with Crippen molar-refractivity contribution in [3.05, 3.63) is 66.1 Å². The summed E-state index contributed by atoms with van der Waals surface area (Å²) in [5.41, 5.74) is 4.75. The predicted molar refractivity (Wildman–Crippen MR) is 129 cm³/mol. The quantitative estimate of drug-likeness (QED) is 0.299. The molecular formula is C22H22ClN5O2S. The van der Waals surface area contributed by atoms with E-state index >= 15 is 0 Å². The summed E-state index contributed by atoms with van der Waals surface area (Å²) < 4.78 is 19.6. The Morgan fingerprint density at radius 2 is 1.84 bits per heavy atom. The van der Waals surface area contributed by atoms with E-state index in [1.54, 1.807) is 6.20 Å². The van der Waals surface area contributed by atoms with Gasteiger partial charge in [-0.05, 0) is 54.1 Å². The zero-order valence-corrected chi connectivity index (χ0v) is 18.2. The Morgan fingerprint density at radius 1 is 1.06 bits per heavy atom. The lowest BCUT2D eigenvalue weighted by Crippen LogP contribution is -2.38. The van der Waals surface area contributed by atoms with Gasteiger partial charge in [0.1, 0.15) is 16.6 Å². The average Bonchev–Trinajstić information content (AvgIpc) is 3.18. The van der Waals surface area contributed by atoms with Crippen LogP contribution in [0.4, 0.5) is 17.2 Å². The highest BCUT2D eigenvalue weighted by Gasteiger charge is 2.22.